The maximum atomic E-state index is 13.7. The Hall–Kier alpha value is -4.38. The lowest BCUT2D eigenvalue weighted by Gasteiger charge is -2.15. The largest absolute Gasteiger partial charge is 0.497 e. The molecule has 1 N–H and O–H groups in total. The van der Waals surface area contributed by atoms with Gasteiger partial charge in [-0.15, -0.1) is 0 Å². The van der Waals surface area contributed by atoms with Gasteiger partial charge in [0.2, 0.25) is 11.7 Å². The Labute approximate surface area is 187 Å². The zero-order valence-electron chi connectivity index (χ0n) is 18.1. The predicted molar refractivity (Wildman–Crippen MR) is 118 cm³/mol. The second kappa shape index (κ2) is 8.28. The lowest BCUT2D eigenvalue weighted by atomic mass is 9.98. The van der Waals surface area contributed by atoms with Crippen LogP contribution in [0, 0.1) is 31.0 Å². The number of ether oxygens (including phenoxy) is 1. The third-order valence-corrected chi connectivity index (χ3v) is 5.63. The van der Waals surface area contributed by atoms with Crippen molar-refractivity contribution in [2.45, 2.75) is 20.4 Å². The monoisotopic (exact) mass is 446 g/mol. The zero-order chi connectivity index (χ0) is 23.9. The minimum Gasteiger partial charge on any atom is -0.497 e. The van der Waals surface area contributed by atoms with Gasteiger partial charge in [0.15, 0.2) is 5.76 Å². The smallest absolute Gasteiger partial charge is 0.271 e. The van der Waals surface area contributed by atoms with Crippen molar-refractivity contribution in [3.05, 3.63) is 92.2 Å². The van der Waals surface area contributed by atoms with E-state index < -0.39 is 23.0 Å². The summed E-state index contributed by atoms with van der Waals surface area (Å²) < 4.78 is 25.4. The molecule has 4 rings (SSSR count). The molecule has 2 aromatic heterocycles. The molecule has 8 heteroatoms. The average Bonchev–Trinajstić information content (AvgIpc) is 3.13. The number of hydrogen-bond acceptors (Lipinski definition) is 6. The van der Waals surface area contributed by atoms with Crippen LogP contribution in [0.3, 0.4) is 0 Å². The molecule has 0 saturated heterocycles. The van der Waals surface area contributed by atoms with Crippen LogP contribution in [0.4, 0.5) is 4.39 Å². The highest BCUT2D eigenvalue weighted by molar-refractivity contribution is 6.12. The Bertz CT molecular complexity index is 1510. The summed E-state index contributed by atoms with van der Waals surface area (Å²) in [5, 5.41) is 21.0. The molecule has 0 atom stereocenters. The first-order chi connectivity index (χ1) is 15.8. The molecule has 0 aliphatic rings. The maximum Gasteiger partial charge on any atom is 0.271 e. The van der Waals surface area contributed by atoms with Gasteiger partial charge in [0.25, 0.3) is 5.56 Å². The molecule has 0 bridgehead atoms. The summed E-state index contributed by atoms with van der Waals surface area (Å²) in [4.78, 5) is 26.3. The number of aromatic nitrogens is 1. The first-order valence-electron chi connectivity index (χ1n) is 9.99. The predicted octanol–water partition coefficient (Wildman–Crippen LogP) is 4.22. The molecule has 33 heavy (non-hydrogen) atoms. The molecule has 0 aliphatic heterocycles. The fourth-order valence-electron chi connectivity index (χ4n) is 3.81. The van der Waals surface area contributed by atoms with Gasteiger partial charge >= 0.3 is 0 Å². The second-order valence-electron chi connectivity index (χ2n) is 7.58. The van der Waals surface area contributed by atoms with E-state index >= 15 is 0 Å². The van der Waals surface area contributed by atoms with E-state index in [4.69, 9.17) is 9.15 Å². The van der Waals surface area contributed by atoms with Gasteiger partial charge in [0, 0.05) is 10.9 Å². The topological polar surface area (TPSA) is 105 Å². The molecule has 2 heterocycles. The second-order valence-corrected chi connectivity index (χ2v) is 7.58. The van der Waals surface area contributed by atoms with E-state index in [1.165, 1.54) is 32.2 Å². The van der Waals surface area contributed by atoms with Crippen LogP contribution in [0.15, 0.2) is 51.7 Å². The standard InChI is InChI=1S/C25H19FN2O5/c1-13-19(11-27)24(30)28(12-15-4-7-17(32-3)8-5-15)25(31)21(13)22(29)23-14(2)18-10-16(26)6-9-20(18)33-23/h4-10,31H,12H2,1-3H3. The number of carbonyl (C=O) groups is 1. The van der Waals surface area contributed by atoms with Crippen molar-refractivity contribution >= 4 is 16.8 Å². The number of rotatable bonds is 5. The molecule has 2 aromatic carbocycles. The van der Waals surface area contributed by atoms with Crippen molar-refractivity contribution in [1.82, 2.24) is 4.57 Å². The van der Waals surface area contributed by atoms with E-state index in [1.807, 2.05) is 6.07 Å². The number of hydrogen-bond donors (Lipinski definition) is 1. The number of aromatic hydroxyl groups is 1. The Morgan fingerprint density at radius 1 is 1.18 bits per heavy atom. The Kier molecular flexibility index (Phi) is 5.48. The Morgan fingerprint density at radius 2 is 1.88 bits per heavy atom. The molecule has 7 nitrogen and oxygen atoms in total. The number of methoxy groups -OCH3 is 1. The third kappa shape index (κ3) is 3.64. The van der Waals surface area contributed by atoms with Gasteiger partial charge in [-0.1, -0.05) is 12.1 Å². The van der Waals surface area contributed by atoms with Crippen molar-refractivity contribution < 1.29 is 23.4 Å². The van der Waals surface area contributed by atoms with E-state index in [1.54, 1.807) is 31.2 Å². The summed E-state index contributed by atoms with van der Waals surface area (Å²) in [5.74, 6) is -1.26. The number of benzene rings is 2. The van der Waals surface area contributed by atoms with Crippen LogP contribution < -0.4 is 10.3 Å². The molecule has 0 amide bonds. The van der Waals surface area contributed by atoms with Gasteiger partial charge in [-0.25, -0.2) is 4.39 Å². The Balaban J connectivity index is 1.89. The van der Waals surface area contributed by atoms with E-state index in [0.717, 1.165) is 4.57 Å². The quantitative estimate of drug-likeness (QED) is 0.460. The lowest BCUT2D eigenvalue weighted by molar-refractivity contribution is 0.101. The summed E-state index contributed by atoms with van der Waals surface area (Å²) in [7, 11) is 1.52. The molecule has 0 fully saturated rings. The van der Waals surface area contributed by atoms with Crippen LogP contribution in [0.2, 0.25) is 0 Å². The highest BCUT2D eigenvalue weighted by Crippen LogP contribution is 2.31. The number of furan rings is 1. The number of aryl methyl sites for hydroxylation is 1. The number of nitrogens with zero attached hydrogens (tertiary/aromatic N) is 2. The normalized spacial score (nSPS) is 10.9. The van der Waals surface area contributed by atoms with E-state index in [0.29, 0.717) is 27.8 Å². The van der Waals surface area contributed by atoms with Crippen LogP contribution in [-0.4, -0.2) is 22.6 Å². The zero-order valence-corrected chi connectivity index (χ0v) is 18.1. The van der Waals surface area contributed by atoms with Gasteiger partial charge in [0.1, 0.15) is 28.8 Å². The summed E-state index contributed by atoms with van der Waals surface area (Å²) in [6, 6.07) is 12.5. The number of pyridine rings is 1. The van der Waals surface area contributed by atoms with Crippen LogP contribution >= 0.6 is 0 Å². The van der Waals surface area contributed by atoms with Crippen molar-refractivity contribution in [1.29, 1.82) is 5.26 Å². The number of ketones is 1. The minimum atomic E-state index is -0.719. The molecule has 0 unspecified atom stereocenters. The molecular formula is C25H19FN2O5. The number of nitriles is 1. The number of fused-ring (bicyclic) bond motifs is 1. The molecule has 0 saturated carbocycles. The van der Waals surface area contributed by atoms with Crippen molar-refractivity contribution in [3.8, 4) is 17.7 Å². The molecule has 0 aliphatic carbocycles. The van der Waals surface area contributed by atoms with Crippen LogP contribution in [0.5, 0.6) is 11.6 Å². The van der Waals surface area contributed by atoms with Gasteiger partial charge in [0.05, 0.1) is 19.2 Å². The fraction of sp³-hybridized carbons (Fsp3) is 0.160. The molecule has 4 aromatic rings. The minimum absolute atomic E-state index is 0.0435. The van der Waals surface area contributed by atoms with Crippen molar-refractivity contribution in [2.24, 2.45) is 0 Å². The lowest BCUT2D eigenvalue weighted by Crippen LogP contribution is -2.27. The van der Waals surface area contributed by atoms with Gasteiger partial charge < -0.3 is 14.3 Å². The van der Waals surface area contributed by atoms with Gasteiger partial charge in [-0.3, -0.25) is 14.2 Å². The molecule has 0 spiro atoms. The first-order valence-corrected chi connectivity index (χ1v) is 9.99. The maximum absolute atomic E-state index is 13.7. The van der Waals surface area contributed by atoms with E-state index in [2.05, 4.69) is 0 Å². The highest BCUT2D eigenvalue weighted by atomic mass is 19.1. The Morgan fingerprint density at radius 3 is 2.52 bits per heavy atom. The van der Waals surface area contributed by atoms with Crippen molar-refractivity contribution in [3.63, 3.8) is 0 Å². The summed E-state index contributed by atoms with van der Waals surface area (Å²) in [6.45, 7) is 2.94. The summed E-state index contributed by atoms with van der Waals surface area (Å²) in [5.41, 5.74) is 0.188. The molecular weight excluding hydrogens is 427 g/mol. The van der Waals surface area contributed by atoms with E-state index in [-0.39, 0.29) is 29.0 Å². The van der Waals surface area contributed by atoms with Gasteiger partial charge in [-0.05, 0) is 55.3 Å². The van der Waals surface area contributed by atoms with Crippen LogP contribution in [0.25, 0.3) is 11.0 Å². The average molecular weight is 446 g/mol. The first kappa shape index (κ1) is 21.8. The highest BCUT2D eigenvalue weighted by Gasteiger charge is 2.28. The van der Waals surface area contributed by atoms with E-state index in [9.17, 15) is 24.3 Å². The van der Waals surface area contributed by atoms with Crippen LogP contribution in [0.1, 0.15) is 38.4 Å². The number of carbonyl (C=O) groups excluding carboxylic acids is 1. The molecule has 166 valence electrons. The molecule has 0 radical (unpaired) electrons. The van der Waals surface area contributed by atoms with Crippen molar-refractivity contribution in [2.75, 3.05) is 7.11 Å². The summed E-state index contributed by atoms with van der Waals surface area (Å²) >= 11 is 0. The fourth-order valence-corrected chi connectivity index (χ4v) is 3.81. The SMILES string of the molecule is COc1ccc(Cn2c(O)c(C(=O)c3oc4ccc(F)cc4c3C)c(C)c(C#N)c2=O)cc1. The van der Waals surface area contributed by atoms with Gasteiger partial charge in [-0.2, -0.15) is 5.26 Å². The van der Waals surface area contributed by atoms with Crippen LogP contribution in [-0.2, 0) is 6.54 Å². The summed E-state index contributed by atoms with van der Waals surface area (Å²) in [6.07, 6.45) is 0. The third-order valence-electron chi connectivity index (χ3n) is 5.63. The number of halogens is 1.